The minimum absolute atomic E-state index is 0.0605. The van der Waals surface area contributed by atoms with E-state index in [0.717, 1.165) is 46.2 Å². The monoisotopic (exact) mass is 725 g/mol. The summed E-state index contributed by atoms with van der Waals surface area (Å²) in [5.41, 5.74) is 5.70. The lowest BCUT2D eigenvalue weighted by molar-refractivity contribution is -0.120. The Labute approximate surface area is 304 Å². The van der Waals surface area contributed by atoms with Crippen molar-refractivity contribution in [2.45, 2.75) is 50.9 Å². The summed E-state index contributed by atoms with van der Waals surface area (Å²) in [7, 11) is 1.59. The molecule has 0 saturated carbocycles. The van der Waals surface area contributed by atoms with Gasteiger partial charge in [-0.05, 0) is 36.6 Å². The van der Waals surface area contributed by atoms with Gasteiger partial charge in [0.15, 0.2) is 0 Å². The van der Waals surface area contributed by atoms with E-state index in [1.165, 1.54) is 0 Å². The zero-order valence-electron chi connectivity index (χ0n) is 27.9. The Bertz CT molecular complexity index is 2190. The summed E-state index contributed by atoms with van der Waals surface area (Å²) in [6.45, 7) is 2.15. The minimum atomic E-state index is -0.321. The van der Waals surface area contributed by atoms with Crippen LogP contribution in [0.2, 0.25) is 10.0 Å². The molecule has 51 heavy (non-hydrogen) atoms. The van der Waals surface area contributed by atoms with Crippen molar-refractivity contribution in [2.75, 3.05) is 20.2 Å². The topological polar surface area (TPSA) is 150 Å². The molecule has 2 atom stereocenters. The van der Waals surface area contributed by atoms with Crippen molar-refractivity contribution >= 4 is 45.9 Å². The van der Waals surface area contributed by atoms with Crippen LogP contribution in [-0.4, -0.2) is 59.0 Å². The van der Waals surface area contributed by atoms with Gasteiger partial charge in [-0.15, -0.1) is 0 Å². The summed E-state index contributed by atoms with van der Waals surface area (Å²) >= 11 is 14.2. The SMILES string of the molecule is COc1nc(-c2cccc(-c3cccc(-c4ccc5c(=O)nc(CNCC6CCC(=O)N6)[nH]c5c4)c3Cl)c2Cl)ccc1CNCC1CCC(=O)N1. The third-order valence-electron chi connectivity index (χ3n) is 9.33. The molecule has 2 amide bonds. The number of carbonyl (C=O) groups is 2. The second-order valence-electron chi connectivity index (χ2n) is 12.8. The van der Waals surface area contributed by atoms with Crippen LogP contribution in [0, 0.1) is 0 Å². The smallest absolute Gasteiger partial charge is 0.280 e. The lowest BCUT2D eigenvalue weighted by atomic mass is 9.96. The van der Waals surface area contributed by atoms with Crippen LogP contribution in [0.1, 0.15) is 37.1 Å². The van der Waals surface area contributed by atoms with Gasteiger partial charge in [0.25, 0.3) is 5.56 Å². The van der Waals surface area contributed by atoms with Crippen molar-refractivity contribution in [3.8, 4) is 39.4 Å². The molecule has 0 spiro atoms. The summed E-state index contributed by atoms with van der Waals surface area (Å²) in [5.74, 6) is 1.15. The zero-order chi connectivity index (χ0) is 35.5. The molecule has 2 aliphatic rings. The number of pyridine rings is 1. The number of hydrogen-bond donors (Lipinski definition) is 5. The highest BCUT2D eigenvalue weighted by atomic mass is 35.5. The first-order valence-corrected chi connectivity index (χ1v) is 17.7. The van der Waals surface area contributed by atoms with E-state index in [4.69, 9.17) is 32.9 Å². The second-order valence-corrected chi connectivity index (χ2v) is 13.6. The maximum Gasteiger partial charge on any atom is 0.280 e. The molecule has 7 rings (SSSR count). The lowest BCUT2D eigenvalue weighted by Gasteiger charge is -2.16. The van der Waals surface area contributed by atoms with Gasteiger partial charge < -0.3 is 31.0 Å². The Morgan fingerprint density at radius 1 is 0.765 bits per heavy atom. The number of aromatic nitrogens is 3. The molecule has 262 valence electrons. The van der Waals surface area contributed by atoms with Crippen LogP contribution in [0.4, 0.5) is 0 Å². The predicted octanol–water partition coefficient (Wildman–Crippen LogP) is 5.37. The van der Waals surface area contributed by atoms with Gasteiger partial charge in [0.1, 0.15) is 5.82 Å². The molecule has 2 saturated heterocycles. The van der Waals surface area contributed by atoms with Crippen LogP contribution in [-0.2, 0) is 22.7 Å². The van der Waals surface area contributed by atoms with E-state index in [1.54, 1.807) is 13.2 Å². The van der Waals surface area contributed by atoms with Gasteiger partial charge in [0.2, 0.25) is 17.7 Å². The van der Waals surface area contributed by atoms with Gasteiger partial charge in [-0.25, -0.2) is 4.98 Å². The number of halogens is 2. The molecule has 0 aliphatic carbocycles. The molecule has 2 unspecified atom stereocenters. The summed E-state index contributed by atoms with van der Waals surface area (Å²) in [4.78, 5) is 48.2. The maximum atomic E-state index is 12.9. The van der Waals surface area contributed by atoms with Crippen molar-refractivity contribution < 1.29 is 14.3 Å². The van der Waals surface area contributed by atoms with Gasteiger partial charge in [-0.3, -0.25) is 14.4 Å². The van der Waals surface area contributed by atoms with Gasteiger partial charge >= 0.3 is 0 Å². The van der Waals surface area contributed by atoms with Crippen LogP contribution >= 0.6 is 23.2 Å². The number of nitrogens with zero attached hydrogens (tertiary/aromatic N) is 2. The second kappa shape index (κ2) is 15.2. The maximum absolute atomic E-state index is 12.9. The van der Waals surface area contributed by atoms with Gasteiger partial charge in [-0.1, -0.05) is 71.7 Å². The molecule has 11 nitrogen and oxygen atoms in total. The van der Waals surface area contributed by atoms with Gasteiger partial charge in [0, 0.05) is 72.4 Å². The number of fused-ring (bicyclic) bond motifs is 1. The first kappa shape index (κ1) is 34.6. The molecule has 3 aromatic carbocycles. The van der Waals surface area contributed by atoms with Crippen molar-refractivity contribution in [1.82, 2.24) is 36.2 Å². The molecule has 2 aromatic heterocycles. The van der Waals surface area contributed by atoms with Crippen molar-refractivity contribution in [2.24, 2.45) is 0 Å². The molecule has 0 radical (unpaired) electrons. The molecule has 4 heterocycles. The summed E-state index contributed by atoms with van der Waals surface area (Å²) in [5, 5.41) is 14.0. The standard InChI is InChI=1S/C38H37Cl2N7O4/c1-51-38-22(17-41-18-23-10-14-33(48)43-23)9-13-30(46-38)28-7-3-6-27(36(28)40)26-5-2-4-25(35(26)39)21-8-12-29-31(16-21)45-32(47-37(29)50)20-42-19-24-11-15-34(49)44-24/h2-9,12-13,16,23-24,41-42H,10-11,14-15,17-20H2,1H3,(H,43,48)(H,44,49)(H,45,47,50). The molecular weight excluding hydrogens is 689 g/mol. The fraction of sp³-hybridized carbons (Fsp3) is 0.289. The number of hydrogen-bond acceptors (Lipinski definition) is 8. The number of nitrogens with one attached hydrogen (secondary N) is 5. The third-order valence-corrected chi connectivity index (χ3v) is 10.1. The number of methoxy groups -OCH3 is 1. The van der Waals surface area contributed by atoms with Gasteiger partial charge in [-0.2, -0.15) is 4.98 Å². The van der Waals surface area contributed by atoms with E-state index in [9.17, 15) is 14.4 Å². The number of aromatic amines is 1. The van der Waals surface area contributed by atoms with Crippen LogP contribution in [0.15, 0.2) is 71.5 Å². The fourth-order valence-corrected chi connectivity index (χ4v) is 7.35. The normalized spacial score (nSPS) is 17.2. The zero-order valence-corrected chi connectivity index (χ0v) is 29.5. The highest BCUT2D eigenvalue weighted by molar-refractivity contribution is 6.39. The average Bonchev–Trinajstić information content (AvgIpc) is 3.75. The van der Waals surface area contributed by atoms with Crippen LogP contribution in [0.25, 0.3) is 44.4 Å². The molecule has 5 aromatic rings. The van der Waals surface area contributed by atoms with Crippen LogP contribution < -0.4 is 31.6 Å². The number of ether oxygens (including phenoxy) is 1. The molecule has 0 bridgehead atoms. The average molecular weight is 727 g/mol. The Hall–Kier alpha value is -4.81. The Morgan fingerprint density at radius 3 is 2.04 bits per heavy atom. The van der Waals surface area contributed by atoms with E-state index in [1.807, 2.05) is 60.7 Å². The van der Waals surface area contributed by atoms with Crippen molar-refractivity contribution in [3.63, 3.8) is 0 Å². The summed E-state index contributed by atoms with van der Waals surface area (Å²) < 4.78 is 5.65. The van der Waals surface area contributed by atoms with E-state index >= 15 is 0 Å². The Kier molecular flexibility index (Phi) is 10.3. The number of carbonyl (C=O) groups excluding carboxylic acids is 2. The molecule has 2 fully saturated rings. The number of H-pyrrole nitrogens is 1. The largest absolute Gasteiger partial charge is 0.481 e. The molecule has 13 heteroatoms. The number of amides is 2. The lowest BCUT2D eigenvalue weighted by Crippen LogP contribution is -2.35. The molecule has 5 N–H and O–H groups in total. The van der Waals surface area contributed by atoms with Crippen molar-refractivity contribution in [1.29, 1.82) is 0 Å². The number of benzene rings is 3. The molecule has 2 aliphatic heterocycles. The van der Waals surface area contributed by atoms with E-state index in [0.29, 0.717) is 77.4 Å². The third kappa shape index (κ3) is 7.62. The van der Waals surface area contributed by atoms with Crippen molar-refractivity contribution in [3.05, 3.63) is 98.5 Å². The number of rotatable bonds is 12. The highest BCUT2D eigenvalue weighted by Gasteiger charge is 2.22. The highest BCUT2D eigenvalue weighted by Crippen LogP contribution is 2.42. The first-order valence-electron chi connectivity index (χ1n) is 16.9. The molecular formula is C38H37Cl2N7O4. The Morgan fingerprint density at radius 2 is 1.39 bits per heavy atom. The summed E-state index contributed by atoms with van der Waals surface area (Å²) in [6, 6.07) is 21.1. The Balaban J connectivity index is 1.12. The van der Waals surface area contributed by atoms with Crippen LogP contribution in [0.3, 0.4) is 0 Å². The van der Waals surface area contributed by atoms with Crippen LogP contribution in [0.5, 0.6) is 5.88 Å². The van der Waals surface area contributed by atoms with E-state index < -0.39 is 0 Å². The van der Waals surface area contributed by atoms with Gasteiger partial charge in [0.05, 0.1) is 40.3 Å². The quantitative estimate of drug-likeness (QED) is 0.115. The van der Waals surface area contributed by atoms with E-state index in [-0.39, 0.29) is 29.5 Å². The first-order chi connectivity index (χ1) is 24.8. The predicted molar refractivity (Wildman–Crippen MR) is 199 cm³/mol. The fourth-order valence-electron chi connectivity index (χ4n) is 6.69. The van der Waals surface area contributed by atoms with E-state index in [2.05, 4.69) is 31.2 Å². The summed E-state index contributed by atoms with van der Waals surface area (Å²) in [6.07, 6.45) is 2.71. The minimum Gasteiger partial charge on any atom is -0.481 e.